The number of thioether (sulfide) groups is 1. The Balaban J connectivity index is 2.10. The van der Waals surface area contributed by atoms with Crippen molar-refractivity contribution in [3.63, 3.8) is 0 Å². The van der Waals surface area contributed by atoms with Crippen molar-refractivity contribution in [1.82, 2.24) is 9.97 Å². The average Bonchev–Trinajstić information content (AvgIpc) is 2.80. The number of aliphatic hydroxyl groups excluding tert-OH is 1. The van der Waals surface area contributed by atoms with Crippen LogP contribution >= 0.6 is 23.1 Å². The molecule has 0 fully saturated rings. The Kier molecular flexibility index (Phi) is 5.06. The van der Waals surface area contributed by atoms with Crippen molar-refractivity contribution >= 4 is 39.1 Å². The quantitative estimate of drug-likeness (QED) is 0.618. The van der Waals surface area contributed by atoms with Gasteiger partial charge in [-0.15, -0.1) is 11.3 Å². The maximum atomic E-state index is 9.64. The van der Waals surface area contributed by atoms with Gasteiger partial charge in [0.05, 0.1) is 23.7 Å². The van der Waals surface area contributed by atoms with Gasteiger partial charge in [-0.2, -0.15) is 0 Å². The van der Waals surface area contributed by atoms with Gasteiger partial charge in [-0.3, -0.25) is 0 Å². The smallest absolute Gasteiger partial charge is 0.191 e. The summed E-state index contributed by atoms with van der Waals surface area (Å²) in [4.78, 5) is 11.8. The molecule has 0 aliphatic carbocycles. The maximum absolute atomic E-state index is 9.64. The van der Waals surface area contributed by atoms with Gasteiger partial charge in [-0.1, -0.05) is 25.6 Å². The molecule has 3 rings (SSSR count). The topological polar surface area (TPSA) is 67.3 Å². The number of aromatic nitrogens is 2. The molecule has 24 heavy (non-hydrogen) atoms. The molecule has 0 saturated heterocycles. The average molecular weight is 368 g/mol. The summed E-state index contributed by atoms with van der Waals surface area (Å²) in [5, 5.41) is 15.3. The monoisotopic (exact) mass is 367 g/mol. The zero-order valence-corrected chi connectivity index (χ0v) is 16.5. The molecule has 1 aliphatic rings. The summed E-state index contributed by atoms with van der Waals surface area (Å²) in [6.07, 6.45) is 0.427. The molecule has 0 radical (unpaired) electrons. The van der Waals surface area contributed by atoms with E-state index in [-0.39, 0.29) is 5.60 Å². The van der Waals surface area contributed by atoms with E-state index in [9.17, 15) is 5.11 Å². The van der Waals surface area contributed by atoms with E-state index in [1.54, 1.807) is 30.0 Å². The summed E-state index contributed by atoms with van der Waals surface area (Å²) in [6.45, 7) is 11.4. The van der Waals surface area contributed by atoms with E-state index in [1.807, 2.05) is 0 Å². The fourth-order valence-electron chi connectivity index (χ4n) is 2.76. The summed E-state index contributed by atoms with van der Waals surface area (Å²) in [5.74, 6) is 0.833. The Hall–Kier alpha value is -0.890. The first-order chi connectivity index (χ1) is 11.2. The summed E-state index contributed by atoms with van der Waals surface area (Å²) < 4.78 is 5.95. The predicted molar refractivity (Wildman–Crippen MR) is 101 cm³/mol. The molecule has 0 bridgehead atoms. The van der Waals surface area contributed by atoms with E-state index in [0.717, 1.165) is 27.6 Å². The summed E-state index contributed by atoms with van der Waals surface area (Å²) in [7, 11) is 0. The third kappa shape index (κ3) is 3.85. The third-order valence-electron chi connectivity index (χ3n) is 3.82. The van der Waals surface area contributed by atoms with Crippen molar-refractivity contribution in [1.29, 1.82) is 0 Å². The Morgan fingerprint density at radius 2 is 2.08 bits per heavy atom. The molecule has 2 aromatic heterocycles. The van der Waals surface area contributed by atoms with Gasteiger partial charge in [0.2, 0.25) is 0 Å². The van der Waals surface area contributed by atoms with Crippen molar-refractivity contribution in [2.75, 3.05) is 11.9 Å². The van der Waals surface area contributed by atoms with Crippen molar-refractivity contribution in [2.24, 2.45) is 0 Å². The molecule has 0 saturated carbocycles. The zero-order valence-electron chi connectivity index (χ0n) is 14.8. The molecule has 0 aromatic carbocycles. The first-order valence-electron chi connectivity index (χ1n) is 8.30. The number of aliphatic hydroxyl groups is 1. The van der Waals surface area contributed by atoms with Crippen LogP contribution < -0.4 is 5.32 Å². The predicted octanol–water partition coefficient (Wildman–Crippen LogP) is 3.84. The highest BCUT2D eigenvalue weighted by Gasteiger charge is 2.31. The van der Waals surface area contributed by atoms with Gasteiger partial charge in [0.1, 0.15) is 10.6 Å². The van der Waals surface area contributed by atoms with Gasteiger partial charge in [0.25, 0.3) is 0 Å². The van der Waals surface area contributed by atoms with E-state index in [0.29, 0.717) is 18.4 Å². The zero-order chi connectivity index (χ0) is 17.5. The molecule has 2 aromatic rings. The van der Waals surface area contributed by atoms with Crippen LogP contribution in [-0.4, -0.2) is 38.6 Å². The van der Waals surface area contributed by atoms with Gasteiger partial charge in [0.15, 0.2) is 5.16 Å². The summed E-state index contributed by atoms with van der Waals surface area (Å²) in [6, 6.07) is 0. The number of anilines is 1. The molecule has 0 spiro atoms. The lowest BCUT2D eigenvalue weighted by atomic mass is 9.94. The van der Waals surface area contributed by atoms with E-state index in [1.165, 1.54) is 10.4 Å². The highest BCUT2D eigenvalue weighted by molar-refractivity contribution is 7.99. The van der Waals surface area contributed by atoms with E-state index in [2.05, 4.69) is 33.0 Å². The van der Waals surface area contributed by atoms with Gasteiger partial charge >= 0.3 is 0 Å². The first kappa shape index (κ1) is 17.9. The van der Waals surface area contributed by atoms with Gasteiger partial charge < -0.3 is 15.2 Å². The number of thiophene rings is 1. The lowest BCUT2D eigenvalue weighted by molar-refractivity contribution is -0.0379. The number of rotatable bonds is 5. The van der Waals surface area contributed by atoms with Crippen molar-refractivity contribution in [3.05, 3.63) is 10.4 Å². The van der Waals surface area contributed by atoms with Crippen LogP contribution in [0.25, 0.3) is 10.2 Å². The molecule has 1 atom stereocenters. The number of ether oxygens (including phenoxy) is 1. The van der Waals surface area contributed by atoms with Gasteiger partial charge in [-0.05, 0) is 26.3 Å². The second kappa shape index (κ2) is 6.78. The molecule has 7 heteroatoms. The van der Waals surface area contributed by atoms with Crippen molar-refractivity contribution in [2.45, 2.75) is 69.8 Å². The highest BCUT2D eigenvalue weighted by atomic mass is 32.2. The Morgan fingerprint density at radius 3 is 2.75 bits per heavy atom. The molecule has 132 valence electrons. The van der Waals surface area contributed by atoms with E-state index >= 15 is 0 Å². The Bertz CT molecular complexity index is 741. The standard InChI is InChI=1S/C17H25N3O2S2/c1-9(2)23-16-19-14(18-7-10(3)21)13-11-6-17(4,5)22-8-12(11)24-15(13)20-16/h9-10,21H,6-8H2,1-5H3,(H,18,19,20)/t10-/m1/s1. The molecule has 0 unspecified atom stereocenters. The third-order valence-corrected chi connectivity index (χ3v) is 5.78. The Labute approximate surface area is 151 Å². The fourth-order valence-corrected chi connectivity index (χ4v) is 4.63. The van der Waals surface area contributed by atoms with Gasteiger partial charge in [0, 0.05) is 23.1 Å². The molecular formula is C17H25N3O2S2. The van der Waals surface area contributed by atoms with Crippen LogP contribution in [0.4, 0.5) is 5.82 Å². The molecule has 1 aliphatic heterocycles. The SMILES string of the molecule is CC(C)Sc1nc(NC[C@@H](C)O)c2c3c(sc2n1)COC(C)(C)C3. The maximum Gasteiger partial charge on any atom is 0.191 e. The molecule has 2 N–H and O–H groups in total. The van der Waals surface area contributed by atoms with Crippen molar-refractivity contribution < 1.29 is 9.84 Å². The molecular weight excluding hydrogens is 342 g/mol. The summed E-state index contributed by atoms with van der Waals surface area (Å²) >= 11 is 3.36. The minimum atomic E-state index is -0.426. The van der Waals surface area contributed by atoms with Crippen molar-refractivity contribution in [3.8, 4) is 0 Å². The second-order valence-electron chi connectivity index (χ2n) is 7.16. The number of nitrogens with zero attached hydrogens (tertiary/aromatic N) is 2. The van der Waals surface area contributed by atoms with Crippen LogP contribution in [0, 0.1) is 0 Å². The minimum Gasteiger partial charge on any atom is -0.392 e. The first-order valence-corrected chi connectivity index (χ1v) is 9.99. The fraction of sp³-hybridized carbons (Fsp3) is 0.647. The van der Waals surface area contributed by atoms with E-state index in [4.69, 9.17) is 14.7 Å². The van der Waals surface area contributed by atoms with Crippen LogP contribution in [-0.2, 0) is 17.8 Å². The molecule has 5 nitrogen and oxygen atoms in total. The van der Waals surface area contributed by atoms with Crippen LogP contribution in [0.1, 0.15) is 45.1 Å². The largest absolute Gasteiger partial charge is 0.392 e. The lowest BCUT2D eigenvalue weighted by Gasteiger charge is -2.30. The van der Waals surface area contributed by atoms with Crippen LogP contribution in [0.5, 0.6) is 0 Å². The van der Waals surface area contributed by atoms with Crippen LogP contribution in [0.3, 0.4) is 0 Å². The number of nitrogens with one attached hydrogen (secondary N) is 1. The normalized spacial score (nSPS) is 18.0. The number of fused-ring (bicyclic) bond motifs is 3. The molecule has 3 heterocycles. The minimum absolute atomic E-state index is 0.173. The van der Waals surface area contributed by atoms with Gasteiger partial charge in [-0.25, -0.2) is 9.97 Å². The van der Waals surface area contributed by atoms with E-state index < -0.39 is 6.10 Å². The van der Waals surface area contributed by atoms with Crippen LogP contribution in [0.2, 0.25) is 0 Å². The lowest BCUT2D eigenvalue weighted by Crippen LogP contribution is -2.31. The number of hydrogen-bond acceptors (Lipinski definition) is 7. The molecule has 0 amide bonds. The second-order valence-corrected chi connectivity index (χ2v) is 9.79. The van der Waals surface area contributed by atoms with Crippen LogP contribution in [0.15, 0.2) is 5.16 Å². The number of hydrogen-bond donors (Lipinski definition) is 2. The summed E-state index contributed by atoms with van der Waals surface area (Å²) in [5.41, 5.74) is 1.12. The highest BCUT2D eigenvalue weighted by Crippen LogP contribution is 2.41. The Morgan fingerprint density at radius 1 is 1.33 bits per heavy atom.